The Kier molecular flexibility index (Phi) is 3.22. The molecule has 3 nitrogen and oxygen atoms in total. The van der Waals surface area contributed by atoms with Crippen LogP contribution in [-0.2, 0) is 9.53 Å². The summed E-state index contributed by atoms with van der Waals surface area (Å²) in [6, 6.07) is 3.54. The zero-order valence-electron chi connectivity index (χ0n) is 7.19. The highest BCUT2D eigenvalue weighted by Gasteiger charge is 2.19. The lowest BCUT2D eigenvalue weighted by Crippen LogP contribution is -2.10. The van der Waals surface area contributed by atoms with Crippen LogP contribution < -0.4 is 0 Å². The first-order valence-corrected chi connectivity index (χ1v) is 4.53. The van der Waals surface area contributed by atoms with Gasteiger partial charge in [-0.25, -0.2) is 4.79 Å². The maximum atomic E-state index is 11.0. The van der Waals surface area contributed by atoms with Crippen molar-refractivity contribution in [2.45, 2.75) is 6.10 Å². The van der Waals surface area contributed by atoms with Crippen molar-refractivity contribution >= 4 is 17.3 Å². The lowest BCUT2D eigenvalue weighted by Gasteiger charge is -2.09. The highest BCUT2D eigenvalue weighted by molar-refractivity contribution is 7.10. The summed E-state index contributed by atoms with van der Waals surface area (Å²) >= 11 is 1.37. The van der Waals surface area contributed by atoms with Crippen LogP contribution in [0.15, 0.2) is 29.7 Å². The predicted molar refractivity (Wildman–Crippen MR) is 50.4 cm³/mol. The van der Waals surface area contributed by atoms with Crippen molar-refractivity contribution in [3.63, 3.8) is 0 Å². The van der Waals surface area contributed by atoms with E-state index in [-0.39, 0.29) is 5.57 Å². The number of carbonyl (C=O) groups is 1. The van der Waals surface area contributed by atoms with Gasteiger partial charge in [-0.2, -0.15) is 0 Å². The summed E-state index contributed by atoms with van der Waals surface area (Å²) in [5.74, 6) is -0.582. The van der Waals surface area contributed by atoms with Gasteiger partial charge in [-0.05, 0) is 11.4 Å². The number of hydrogen-bond acceptors (Lipinski definition) is 4. The first-order chi connectivity index (χ1) is 6.16. The lowest BCUT2D eigenvalue weighted by molar-refractivity contribution is -0.137. The second kappa shape index (κ2) is 4.20. The van der Waals surface area contributed by atoms with Crippen molar-refractivity contribution < 1.29 is 14.6 Å². The normalized spacial score (nSPS) is 12.2. The van der Waals surface area contributed by atoms with Crippen molar-refractivity contribution in [3.8, 4) is 0 Å². The monoisotopic (exact) mass is 198 g/mol. The molecule has 0 aromatic carbocycles. The average Bonchev–Trinajstić information content (AvgIpc) is 2.67. The standard InChI is InChI=1S/C9H10O3S/c1-6(9(11)12-2)8(10)7-4-3-5-13-7/h3-5,8,10H,1H2,2H3. The maximum absolute atomic E-state index is 11.0. The second-order valence-electron chi connectivity index (χ2n) is 2.43. The summed E-state index contributed by atoms with van der Waals surface area (Å²) in [6.07, 6.45) is -0.951. The smallest absolute Gasteiger partial charge is 0.336 e. The molecule has 1 heterocycles. The number of ether oxygens (including phenoxy) is 1. The lowest BCUT2D eigenvalue weighted by atomic mass is 10.1. The first kappa shape index (κ1) is 9.95. The molecule has 1 atom stereocenters. The Morgan fingerprint density at radius 1 is 1.77 bits per heavy atom. The van der Waals surface area contributed by atoms with Gasteiger partial charge in [-0.3, -0.25) is 0 Å². The maximum Gasteiger partial charge on any atom is 0.336 e. The number of aliphatic hydroxyl groups excluding tert-OH is 1. The third-order valence-electron chi connectivity index (χ3n) is 1.59. The van der Waals surface area contributed by atoms with Crippen LogP contribution in [0, 0.1) is 0 Å². The zero-order chi connectivity index (χ0) is 9.84. The van der Waals surface area contributed by atoms with Crippen molar-refractivity contribution in [3.05, 3.63) is 34.5 Å². The molecular formula is C9H10O3S. The van der Waals surface area contributed by atoms with E-state index in [4.69, 9.17) is 0 Å². The van der Waals surface area contributed by atoms with E-state index < -0.39 is 12.1 Å². The third kappa shape index (κ3) is 2.17. The molecule has 0 saturated heterocycles. The zero-order valence-corrected chi connectivity index (χ0v) is 8.00. The molecule has 1 rings (SSSR count). The Bertz CT molecular complexity index is 303. The summed E-state index contributed by atoms with van der Waals surface area (Å²) in [5, 5.41) is 11.4. The van der Waals surface area contributed by atoms with Gasteiger partial charge in [-0.1, -0.05) is 12.6 Å². The number of thiophene rings is 1. The Hall–Kier alpha value is -1.13. The number of aliphatic hydroxyl groups is 1. The molecule has 0 amide bonds. The first-order valence-electron chi connectivity index (χ1n) is 3.65. The number of esters is 1. The largest absolute Gasteiger partial charge is 0.466 e. The van der Waals surface area contributed by atoms with Crippen molar-refractivity contribution in [2.24, 2.45) is 0 Å². The van der Waals surface area contributed by atoms with E-state index in [0.717, 1.165) is 0 Å². The van der Waals surface area contributed by atoms with Gasteiger partial charge in [0, 0.05) is 4.88 Å². The summed E-state index contributed by atoms with van der Waals surface area (Å²) < 4.78 is 4.44. The Morgan fingerprint density at radius 3 is 2.92 bits per heavy atom. The van der Waals surface area contributed by atoms with Crippen LogP contribution in [0.25, 0.3) is 0 Å². The van der Waals surface area contributed by atoms with Gasteiger partial charge in [0.15, 0.2) is 0 Å². The minimum absolute atomic E-state index is 0.0601. The molecule has 1 aromatic rings. The van der Waals surface area contributed by atoms with Gasteiger partial charge in [0.2, 0.25) is 0 Å². The molecule has 0 aliphatic heterocycles. The molecule has 4 heteroatoms. The molecule has 0 radical (unpaired) electrons. The fourth-order valence-corrected chi connectivity index (χ4v) is 1.60. The van der Waals surface area contributed by atoms with Gasteiger partial charge in [0.05, 0.1) is 12.7 Å². The van der Waals surface area contributed by atoms with Crippen LogP contribution in [0.1, 0.15) is 11.0 Å². The van der Waals surface area contributed by atoms with Crippen LogP contribution in [0.4, 0.5) is 0 Å². The fraction of sp³-hybridized carbons (Fsp3) is 0.222. The van der Waals surface area contributed by atoms with Crippen LogP contribution in [0.2, 0.25) is 0 Å². The second-order valence-corrected chi connectivity index (χ2v) is 3.41. The average molecular weight is 198 g/mol. The molecule has 70 valence electrons. The Morgan fingerprint density at radius 2 is 2.46 bits per heavy atom. The molecule has 0 aliphatic carbocycles. The van der Waals surface area contributed by atoms with Gasteiger partial charge in [-0.15, -0.1) is 11.3 Å². The summed E-state index contributed by atoms with van der Waals surface area (Å²) in [7, 11) is 1.26. The molecule has 0 saturated carbocycles. The fourth-order valence-electron chi connectivity index (χ4n) is 0.861. The van der Waals surface area contributed by atoms with E-state index in [2.05, 4.69) is 11.3 Å². The van der Waals surface area contributed by atoms with E-state index in [1.54, 1.807) is 12.1 Å². The molecule has 1 unspecified atom stereocenters. The van der Waals surface area contributed by atoms with E-state index >= 15 is 0 Å². The van der Waals surface area contributed by atoms with Crippen molar-refractivity contribution in [1.82, 2.24) is 0 Å². The van der Waals surface area contributed by atoms with Gasteiger partial charge < -0.3 is 9.84 Å². The van der Waals surface area contributed by atoms with Crippen LogP contribution >= 0.6 is 11.3 Å². The third-order valence-corrected chi connectivity index (χ3v) is 2.52. The highest BCUT2D eigenvalue weighted by atomic mass is 32.1. The van der Waals surface area contributed by atoms with E-state index in [0.29, 0.717) is 4.88 Å². The molecule has 0 spiro atoms. The van der Waals surface area contributed by atoms with Gasteiger partial charge in [0.1, 0.15) is 6.10 Å². The molecule has 0 fully saturated rings. The highest BCUT2D eigenvalue weighted by Crippen LogP contribution is 2.24. The minimum atomic E-state index is -0.951. The van der Waals surface area contributed by atoms with E-state index in [9.17, 15) is 9.90 Å². The predicted octanol–water partition coefficient (Wildman–Crippen LogP) is 1.51. The Balaban J connectivity index is 2.74. The van der Waals surface area contributed by atoms with Gasteiger partial charge >= 0.3 is 5.97 Å². The van der Waals surface area contributed by atoms with Crippen molar-refractivity contribution in [2.75, 3.05) is 7.11 Å². The van der Waals surface area contributed by atoms with E-state index in [1.165, 1.54) is 18.4 Å². The van der Waals surface area contributed by atoms with Crippen LogP contribution in [-0.4, -0.2) is 18.2 Å². The number of carbonyl (C=O) groups excluding carboxylic acids is 1. The molecule has 0 bridgehead atoms. The number of hydrogen-bond donors (Lipinski definition) is 1. The van der Waals surface area contributed by atoms with Crippen LogP contribution in [0.5, 0.6) is 0 Å². The topological polar surface area (TPSA) is 46.5 Å². The minimum Gasteiger partial charge on any atom is -0.466 e. The molecule has 1 aromatic heterocycles. The van der Waals surface area contributed by atoms with Gasteiger partial charge in [0.25, 0.3) is 0 Å². The number of rotatable bonds is 3. The SMILES string of the molecule is C=C(C(=O)OC)C(O)c1cccs1. The quantitative estimate of drug-likeness (QED) is 0.591. The van der Waals surface area contributed by atoms with Crippen molar-refractivity contribution in [1.29, 1.82) is 0 Å². The van der Waals surface area contributed by atoms with Crippen LogP contribution in [0.3, 0.4) is 0 Å². The number of methoxy groups -OCH3 is 1. The molecule has 1 N–H and O–H groups in total. The summed E-state index contributed by atoms with van der Waals surface area (Å²) in [4.78, 5) is 11.7. The molecule has 13 heavy (non-hydrogen) atoms. The molecule has 0 aliphatic rings. The van der Waals surface area contributed by atoms with E-state index in [1.807, 2.05) is 5.38 Å². The summed E-state index contributed by atoms with van der Waals surface area (Å²) in [5.41, 5.74) is 0.0601. The summed E-state index contributed by atoms with van der Waals surface area (Å²) in [6.45, 7) is 3.46. The molecular weight excluding hydrogens is 188 g/mol. The Labute approximate surface area is 80.3 Å².